The van der Waals surface area contributed by atoms with Crippen molar-refractivity contribution < 1.29 is 13.3 Å². The first-order valence-electron chi connectivity index (χ1n) is 8.67. The van der Waals surface area contributed by atoms with Crippen LogP contribution in [0.2, 0.25) is 0 Å². The SMILES string of the molecule is Cc1ccc([C@H](NS(=O)(=O)c2ccc(C)c([N+](=O)[O-])c2)c2ccccc2)cc1. The fourth-order valence-corrected chi connectivity index (χ4v) is 4.14. The lowest BCUT2D eigenvalue weighted by molar-refractivity contribution is -0.385. The van der Waals surface area contributed by atoms with Gasteiger partial charge in [-0.1, -0.05) is 66.2 Å². The molecule has 0 aliphatic rings. The number of hydrogen-bond donors (Lipinski definition) is 1. The van der Waals surface area contributed by atoms with Gasteiger partial charge in [0.1, 0.15) is 0 Å². The maximum Gasteiger partial charge on any atom is 0.273 e. The molecule has 7 heteroatoms. The largest absolute Gasteiger partial charge is 0.273 e. The summed E-state index contributed by atoms with van der Waals surface area (Å²) in [5, 5.41) is 11.2. The van der Waals surface area contributed by atoms with Gasteiger partial charge in [0, 0.05) is 11.6 Å². The van der Waals surface area contributed by atoms with Crippen molar-refractivity contribution in [2.24, 2.45) is 0 Å². The highest BCUT2D eigenvalue weighted by atomic mass is 32.2. The quantitative estimate of drug-likeness (QED) is 0.497. The number of nitro benzene ring substituents is 1. The van der Waals surface area contributed by atoms with E-state index in [0.29, 0.717) is 5.56 Å². The van der Waals surface area contributed by atoms with Gasteiger partial charge in [0.05, 0.1) is 15.9 Å². The molecule has 144 valence electrons. The molecule has 0 saturated heterocycles. The standard InChI is InChI=1S/C21H20N2O4S/c1-15-8-11-18(12-9-15)21(17-6-4-3-5-7-17)22-28(26,27)19-13-10-16(2)20(14-19)23(24)25/h3-14,21-22H,1-2H3/t21-/m1/s1. The Hall–Kier alpha value is -3.03. The summed E-state index contributed by atoms with van der Waals surface area (Å²) in [5.74, 6) is 0. The molecule has 0 amide bonds. The lowest BCUT2D eigenvalue weighted by Gasteiger charge is -2.20. The Labute approximate surface area is 164 Å². The Morgan fingerprint density at radius 1 is 0.893 bits per heavy atom. The summed E-state index contributed by atoms with van der Waals surface area (Å²) in [4.78, 5) is 10.5. The Balaban J connectivity index is 2.04. The zero-order chi connectivity index (χ0) is 20.3. The number of sulfonamides is 1. The molecule has 0 saturated carbocycles. The molecule has 1 N–H and O–H groups in total. The van der Waals surface area contributed by atoms with Gasteiger partial charge in [-0.2, -0.15) is 4.72 Å². The molecule has 0 bridgehead atoms. The highest BCUT2D eigenvalue weighted by Crippen LogP contribution is 2.27. The monoisotopic (exact) mass is 396 g/mol. The maximum atomic E-state index is 13.0. The van der Waals surface area contributed by atoms with Crippen LogP contribution in [-0.4, -0.2) is 13.3 Å². The van der Waals surface area contributed by atoms with Gasteiger partial charge in [-0.25, -0.2) is 8.42 Å². The summed E-state index contributed by atoms with van der Waals surface area (Å²) in [6.07, 6.45) is 0. The highest BCUT2D eigenvalue weighted by molar-refractivity contribution is 7.89. The van der Waals surface area contributed by atoms with Gasteiger partial charge >= 0.3 is 0 Å². The number of rotatable bonds is 6. The van der Waals surface area contributed by atoms with E-state index in [1.807, 2.05) is 61.5 Å². The second kappa shape index (κ2) is 7.92. The van der Waals surface area contributed by atoms with E-state index >= 15 is 0 Å². The Morgan fingerprint density at radius 3 is 2.11 bits per heavy atom. The van der Waals surface area contributed by atoms with E-state index in [0.717, 1.165) is 22.8 Å². The van der Waals surface area contributed by atoms with Crippen LogP contribution >= 0.6 is 0 Å². The fraction of sp³-hybridized carbons (Fsp3) is 0.143. The molecular weight excluding hydrogens is 376 g/mol. The summed E-state index contributed by atoms with van der Waals surface area (Å²) < 4.78 is 28.7. The maximum absolute atomic E-state index is 13.0. The van der Waals surface area contributed by atoms with Crippen LogP contribution in [0.1, 0.15) is 28.3 Å². The van der Waals surface area contributed by atoms with Crippen molar-refractivity contribution in [3.63, 3.8) is 0 Å². The lowest BCUT2D eigenvalue weighted by Crippen LogP contribution is -2.29. The number of nitrogens with one attached hydrogen (secondary N) is 1. The van der Waals surface area contributed by atoms with Gasteiger partial charge in [-0.3, -0.25) is 10.1 Å². The highest BCUT2D eigenvalue weighted by Gasteiger charge is 2.25. The van der Waals surface area contributed by atoms with E-state index in [2.05, 4.69) is 4.72 Å². The van der Waals surface area contributed by atoms with Gasteiger partial charge in [0.15, 0.2) is 0 Å². The molecule has 3 aromatic carbocycles. The van der Waals surface area contributed by atoms with Crippen molar-refractivity contribution in [3.05, 3.63) is 105 Å². The third-order valence-corrected chi connectivity index (χ3v) is 5.92. The smallest absolute Gasteiger partial charge is 0.258 e. The molecule has 28 heavy (non-hydrogen) atoms. The second-order valence-electron chi connectivity index (χ2n) is 6.58. The summed E-state index contributed by atoms with van der Waals surface area (Å²) in [6.45, 7) is 3.53. The lowest BCUT2D eigenvalue weighted by atomic mass is 9.99. The summed E-state index contributed by atoms with van der Waals surface area (Å²) in [6, 6.07) is 20.1. The zero-order valence-electron chi connectivity index (χ0n) is 15.5. The molecule has 6 nitrogen and oxygen atoms in total. The fourth-order valence-electron chi connectivity index (χ4n) is 2.91. The average Bonchev–Trinajstić information content (AvgIpc) is 2.67. The predicted octanol–water partition coefficient (Wildman–Crippen LogP) is 4.28. The van der Waals surface area contributed by atoms with Crippen LogP contribution in [-0.2, 0) is 10.0 Å². The van der Waals surface area contributed by atoms with E-state index in [-0.39, 0.29) is 10.6 Å². The van der Waals surface area contributed by atoms with Gasteiger partial charge in [-0.15, -0.1) is 0 Å². The molecule has 0 aliphatic carbocycles. The molecule has 0 unspecified atom stereocenters. The average molecular weight is 396 g/mol. The molecule has 0 radical (unpaired) electrons. The minimum atomic E-state index is -3.99. The van der Waals surface area contributed by atoms with E-state index in [4.69, 9.17) is 0 Å². The van der Waals surface area contributed by atoms with E-state index < -0.39 is 21.0 Å². The first-order chi connectivity index (χ1) is 13.3. The topological polar surface area (TPSA) is 89.3 Å². The Bertz CT molecular complexity index is 1100. The van der Waals surface area contributed by atoms with Crippen molar-refractivity contribution in [3.8, 4) is 0 Å². The van der Waals surface area contributed by atoms with Crippen LogP contribution in [0.15, 0.2) is 77.7 Å². The third-order valence-electron chi connectivity index (χ3n) is 4.50. The molecular formula is C21H20N2O4S. The van der Waals surface area contributed by atoms with Crippen molar-refractivity contribution in [2.45, 2.75) is 24.8 Å². The van der Waals surface area contributed by atoms with Crippen molar-refractivity contribution in [1.82, 2.24) is 4.72 Å². The van der Waals surface area contributed by atoms with Crippen molar-refractivity contribution in [2.75, 3.05) is 0 Å². The summed E-state index contributed by atoms with van der Waals surface area (Å²) in [7, 11) is -3.99. The Kier molecular flexibility index (Phi) is 5.58. The molecule has 0 fully saturated rings. The third kappa shape index (κ3) is 4.27. The second-order valence-corrected chi connectivity index (χ2v) is 8.30. The van der Waals surface area contributed by atoms with E-state index in [9.17, 15) is 18.5 Å². The molecule has 0 spiro atoms. The molecule has 0 aromatic heterocycles. The normalized spacial score (nSPS) is 12.5. The first-order valence-corrected chi connectivity index (χ1v) is 10.1. The van der Waals surface area contributed by atoms with Crippen LogP contribution < -0.4 is 4.72 Å². The van der Waals surface area contributed by atoms with Gasteiger partial charge in [0.25, 0.3) is 5.69 Å². The predicted molar refractivity (Wildman–Crippen MR) is 108 cm³/mol. The zero-order valence-corrected chi connectivity index (χ0v) is 16.3. The number of benzene rings is 3. The van der Waals surface area contributed by atoms with Crippen LogP contribution in [0.3, 0.4) is 0 Å². The van der Waals surface area contributed by atoms with Gasteiger partial charge in [-0.05, 0) is 31.0 Å². The van der Waals surface area contributed by atoms with Crippen LogP contribution in [0, 0.1) is 24.0 Å². The van der Waals surface area contributed by atoms with Crippen LogP contribution in [0.5, 0.6) is 0 Å². The number of hydrogen-bond acceptors (Lipinski definition) is 4. The molecule has 1 atom stereocenters. The number of nitro groups is 1. The minimum absolute atomic E-state index is 0.141. The Morgan fingerprint density at radius 2 is 1.50 bits per heavy atom. The minimum Gasteiger partial charge on any atom is -0.258 e. The summed E-state index contributed by atoms with van der Waals surface area (Å²) >= 11 is 0. The van der Waals surface area contributed by atoms with Crippen LogP contribution in [0.25, 0.3) is 0 Å². The van der Waals surface area contributed by atoms with E-state index in [1.165, 1.54) is 12.1 Å². The van der Waals surface area contributed by atoms with Crippen molar-refractivity contribution >= 4 is 15.7 Å². The van der Waals surface area contributed by atoms with Gasteiger partial charge < -0.3 is 0 Å². The summed E-state index contributed by atoms with van der Waals surface area (Å²) in [5.41, 5.74) is 2.79. The van der Waals surface area contributed by atoms with Crippen LogP contribution in [0.4, 0.5) is 5.69 Å². The first kappa shape index (κ1) is 19.7. The molecule has 0 heterocycles. The van der Waals surface area contributed by atoms with E-state index in [1.54, 1.807) is 6.92 Å². The van der Waals surface area contributed by atoms with Crippen molar-refractivity contribution in [1.29, 1.82) is 0 Å². The number of aryl methyl sites for hydroxylation is 2. The molecule has 3 rings (SSSR count). The molecule has 3 aromatic rings. The number of nitrogens with zero attached hydrogens (tertiary/aromatic N) is 1. The molecule has 0 aliphatic heterocycles. The van der Waals surface area contributed by atoms with Gasteiger partial charge in [0.2, 0.25) is 10.0 Å².